The first kappa shape index (κ1) is 14.6. The van der Waals surface area contributed by atoms with Crippen molar-refractivity contribution >= 4 is 15.9 Å². The van der Waals surface area contributed by atoms with Crippen molar-refractivity contribution in [3.05, 3.63) is 64.1 Å². The number of fused-ring (bicyclic) bond motifs is 1. The van der Waals surface area contributed by atoms with E-state index in [0.29, 0.717) is 6.04 Å². The van der Waals surface area contributed by atoms with Gasteiger partial charge in [0.25, 0.3) is 0 Å². The monoisotopic (exact) mass is 345 g/mol. The molecule has 2 aromatic rings. The molecular weight excluding hydrogens is 326 g/mol. The second-order valence-electron chi connectivity index (χ2n) is 5.43. The first-order chi connectivity index (χ1) is 10.3. The minimum atomic E-state index is 0.203. The zero-order chi connectivity index (χ0) is 14.7. The van der Waals surface area contributed by atoms with Crippen LogP contribution < -0.4 is 10.1 Å². The Morgan fingerprint density at radius 3 is 2.71 bits per heavy atom. The average Bonchev–Trinajstić information content (AvgIpc) is 2.93. The summed E-state index contributed by atoms with van der Waals surface area (Å²) in [4.78, 5) is 0. The standard InChI is InChI=1S/C18H20BrNO/c1-2-20-16(11-13-7-3-5-9-15(13)19)18-12-14-8-4-6-10-17(14)21-18/h3-10,16,18,20H,2,11-12H2,1H3. The number of halogens is 1. The SMILES string of the molecule is CCNC(Cc1ccccc1Br)C1Cc2ccccc2O1. The van der Waals surface area contributed by atoms with Gasteiger partial charge in [-0.05, 0) is 36.2 Å². The molecule has 1 N–H and O–H groups in total. The molecular formula is C18H20BrNO. The molecule has 2 unspecified atom stereocenters. The summed E-state index contributed by atoms with van der Waals surface area (Å²) in [5, 5.41) is 3.59. The summed E-state index contributed by atoms with van der Waals surface area (Å²) < 4.78 is 7.33. The summed E-state index contributed by atoms with van der Waals surface area (Å²) in [6.45, 7) is 3.10. The van der Waals surface area contributed by atoms with E-state index >= 15 is 0 Å². The van der Waals surface area contributed by atoms with Gasteiger partial charge in [-0.25, -0.2) is 0 Å². The molecule has 21 heavy (non-hydrogen) atoms. The maximum Gasteiger partial charge on any atom is 0.123 e. The average molecular weight is 346 g/mol. The fraction of sp³-hybridized carbons (Fsp3) is 0.333. The van der Waals surface area contributed by atoms with Crippen LogP contribution in [-0.4, -0.2) is 18.7 Å². The van der Waals surface area contributed by atoms with Crippen molar-refractivity contribution in [3.63, 3.8) is 0 Å². The molecule has 0 fully saturated rings. The van der Waals surface area contributed by atoms with Gasteiger partial charge in [-0.2, -0.15) is 0 Å². The van der Waals surface area contributed by atoms with Gasteiger partial charge in [0, 0.05) is 16.9 Å². The van der Waals surface area contributed by atoms with Gasteiger partial charge < -0.3 is 10.1 Å². The first-order valence-electron chi connectivity index (χ1n) is 7.49. The van der Waals surface area contributed by atoms with E-state index in [1.807, 2.05) is 6.07 Å². The van der Waals surface area contributed by atoms with E-state index in [0.717, 1.165) is 25.1 Å². The minimum absolute atomic E-state index is 0.203. The van der Waals surface area contributed by atoms with Crippen LogP contribution >= 0.6 is 15.9 Å². The molecule has 0 aliphatic carbocycles. The zero-order valence-corrected chi connectivity index (χ0v) is 13.8. The van der Waals surface area contributed by atoms with E-state index in [9.17, 15) is 0 Å². The molecule has 110 valence electrons. The molecule has 3 heteroatoms. The zero-order valence-electron chi connectivity index (χ0n) is 12.2. The maximum absolute atomic E-state index is 6.16. The lowest BCUT2D eigenvalue weighted by atomic mass is 9.98. The highest BCUT2D eigenvalue weighted by Crippen LogP contribution is 2.30. The van der Waals surface area contributed by atoms with Gasteiger partial charge in [-0.1, -0.05) is 59.3 Å². The van der Waals surface area contributed by atoms with Crippen molar-refractivity contribution in [2.75, 3.05) is 6.54 Å². The van der Waals surface area contributed by atoms with Gasteiger partial charge in [0.05, 0.1) is 0 Å². The Labute approximate surface area is 134 Å². The van der Waals surface area contributed by atoms with Crippen LogP contribution in [0, 0.1) is 0 Å². The summed E-state index contributed by atoms with van der Waals surface area (Å²) in [7, 11) is 0. The normalized spacial score (nSPS) is 18.1. The van der Waals surface area contributed by atoms with Crippen LogP contribution in [0.2, 0.25) is 0 Å². The summed E-state index contributed by atoms with van der Waals surface area (Å²) in [5.74, 6) is 1.04. The van der Waals surface area contributed by atoms with Crippen LogP contribution in [0.4, 0.5) is 0 Å². The Kier molecular flexibility index (Phi) is 4.61. The summed E-state index contributed by atoms with van der Waals surface area (Å²) in [5.41, 5.74) is 2.64. The van der Waals surface area contributed by atoms with Gasteiger partial charge in [-0.3, -0.25) is 0 Å². The minimum Gasteiger partial charge on any atom is -0.488 e. The molecule has 3 rings (SSSR count). The second kappa shape index (κ2) is 6.63. The molecule has 0 aromatic heterocycles. The van der Waals surface area contributed by atoms with Gasteiger partial charge in [0.1, 0.15) is 11.9 Å². The summed E-state index contributed by atoms with van der Waals surface area (Å²) in [6.07, 6.45) is 2.15. The topological polar surface area (TPSA) is 21.3 Å². The smallest absolute Gasteiger partial charge is 0.123 e. The Balaban J connectivity index is 1.76. The number of rotatable bonds is 5. The number of likely N-dealkylation sites (N-methyl/N-ethyl adjacent to an activating group) is 1. The van der Waals surface area contributed by atoms with Crippen molar-refractivity contribution in [2.45, 2.75) is 31.9 Å². The van der Waals surface area contributed by atoms with E-state index in [1.54, 1.807) is 0 Å². The van der Waals surface area contributed by atoms with E-state index in [2.05, 4.69) is 70.6 Å². The molecule has 2 aromatic carbocycles. The Bertz CT molecular complexity index is 589. The first-order valence-corrected chi connectivity index (χ1v) is 8.28. The van der Waals surface area contributed by atoms with Crippen LogP contribution in [0.25, 0.3) is 0 Å². The lowest BCUT2D eigenvalue weighted by Gasteiger charge is -2.24. The highest BCUT2D eigenvalue weighted by molar-refractivity contribution is 9.10. The van der Waals surface area contributed by atoms with Crippen molar-refractivity contribution in [3.8, 4) is 5.75 Å². The van der Waals surface area contributed by atoms with E-state index < -0.39 is 0 Å². The summed E-state index contributed by atoms with van der Waals surface area (Å²) >= 11 is 3.64. The summed E-state index contributed by atoms with van der Waals surface area (Å²) in [6, 6.07) is 17.1. The molecule has 0 spiro atoms. The largest absolute Gasteiger partial charge is 0.488 e. The molecule has 1 heterocycles. The molecule has 0 saturated heterocycles. The van der Waals surface area contributed by atoms with E-state index in [1.165, 1.54) is 15.6 Å². The Hall–Kier alpha value is -1.32. The van der Waals surface area contributed by atoms with Crippen molar-refractivity contribution in [1.82, 2.24) is 5.32 Å². The van der Waals surface area contributed by atoms with Crippen molar-refractivity contribution in [2.24, 2.45) is 0 Å². The number of nitrogens with one attached hydrogen (secondary N) is 1. The molecule has 1 aliphatic heterocycles. The third-order valence-corrected chi connectivity index (χ3v) is 4.76. The molecule has 0 bridgehead atoms. The molecule has 2 atom stereocenters. The van der Waals surface area contributed by atoms with Gasteiger partial charge in [0.2, 0.25) is 0 Å². The van der Waals surface area contributed by atoms with Gasteiger partial charge in [-0.15, -0.1) is 0 Å². The van der Waals surface area contributed by atoms with Crippen molar-refractivity contribution in [1.29, 1.82) is 0 Å². The molecule has 0 amide bonds. The van der Waals surface area contributed by atoms with Gasteiger partial charge in [0.15, 0.2) is 0 Å². The van der Waals surface area contributed by atoms with E-state index in [-0.39, 0.29) is 6.10 Å². The Morgan fingerprint density at radius 2 is 1.95 bits per heavy atom. The predicted molar refractivity (Wildman–Crippen MR) is 89.9 cm³/mol. The fourth-order valence-electron chi connectivity index (χ4n) is 2.93. The number of benzene rings is 2. The van der Waals surface area contributed by atoms with Crippen LogP contribution in [0.3, 0.4) is 0 Å². The highest BCUT2D eigenvalue weighted by Gasteiger charge is 2.30. The second-order valence-corrected chi connectivity index (χ2v) is 6.28. The molecule has 0 saturated carbocycles. The highest BCUT2D eigenvalue weighted by atomic mass is 79.9. The lowest BCUT2D eigenvalue weighted by molar-refractivity contribution is 0.178. The van der Waals surface area contributed by atoms with Crippen LogP contribution in [0.15, 0.2) is 53.0 Å². The predicted octanol–water partition coefficient (Wildman–Crippen LogP) is 3.97. The molecule has 2 nitrogen and oxygen atoms in total. The number of hydrogen-bond acceptors (Lipinski definition) is 2. The quantitative estimate of drug-likeness (QED) is 0.885. The number of hydrogen-bond donors (Lipinski definition) is 1. The number of para-hydroxylation sites is 1. The Morgan fingerprint density at radius 1 is 1.19 bits per heavy atom. The van der Waals surface area contributed by atoms with E-state index in [4.69, 9.17) is 4.74 Å². The third kappa shape index (κ3) is 3.30. The van der Waals surface area contributed by atoms with Crippen LogP contribution in [0.5, 0.6) is 5.75 Å². The third-order valence-electron chi connectivity index (χ3n) is 3.98. The fourth-order valence-corrected chi connectivity index (χ4v) is 3.38. The molecule has 0 radical (unpaired) electrons. The molecule has 1 aliphatic rings. The lowest BCUT2D eigenvalue weighted by Crippen LogP contribution is -2.44. The van der Waals surface area contributed by atoms with Crippen LogP contribution in [-0.2, 0) is 12.8 Å². The van der Waals surface area contributed by atoms with Crippen molar-refractivity contribution < 1.29 is 4.74 Å². The number of ether oxygens (including phenoxy) is 1. The van der Waals surface area contributed by atoms with Gasteiger partial charge >= 0.3 is 0 Å². The maximum atomic E-state index is 6.16. The van der Waals surface area contributed by atoms with Crippen LogP contribution in [0.1, 0.15) is 18.1 Å².